The van der Waals surface area contributed by atoms with Crippen molar-refractivity contribution < 1.29 is 4.39 Å². The van der Waals surface area contributed by atoms with Crippen LogP contribution >= 0.6 is 0 Å². The fourth-order valence-corrected chi connectivity index (χ4v) is 2.19. The van der Waals surface area contributed by atoms with E-state index in [1.54, 1.807) is 24.5 Å². The molecule has 3 aromatic rings. The van der Waals surface area contributed by atoms with E-state index in [1.807, 2.05) is 32.0 Å². The first kappa shape index (κ1) is 15.9. The van der Waals surface area contributed by atoms with Crippen LogP contribution in [0.3, 0.4) is 0 Å². The summed E-state index contributed by atoms with van der Waals surface area (Å²) in [6.07, 6.45) is 3.44. The van der Waals surface area contributed by atoms with Gasteiger partial charge in [-0.2, -0.15) is 4.98 Å². The maximum Gasteiger partial charge on any atom is 0.225 e. The van der Waals surface area contributed by atoms with Gasteiger partial charge in [0.05, 0.1) is 5.69 Å². The van der Waals surface area contributed by atoms with Gasteiger partial charge >= 0.3 is 0 Å². The van der Waals surface area contributed by atoms with E-state index in [1.165, 1.54) is 12.1 Å². The Labute approximate surface area is 140 Å². The number of nitrogens with one attached hydrogen (secondary N) is 2. The van der Waals surface area contributed by atoms with E-state index < -0.39 is 0 Å². The van der Waals surface area contributed by atoms with Crippen molar-refractivity contribution in [3.8, 4) is 11.3 Å². The topological polar surface area (TPSA) is 62.7 Å². The largest absolute Gasteiger partial charge is 0.352 e. The van der Waals surface area contributed by atoms with Crippen LogP contribution in [0.4, 0.5) is 21.8 Å². The van der Waals surface area contributed by atoms with E-state index in [-0.39, 0.29) is 11.9 Å². The summed E-state index contributed by atoms with van der Waals surface area (Å²) in [4.78, 5) is 13.1. The lowest BCUT2D eigenvalue weighted by atomic mass is 10.2. The number of anilines is 3. The van der Waals surface area contributed by atoms with Crippen molar-refractivity contribution in [1.29, 1.82) is 0 Å². The van der Waals surface area contributed by atoms with E-state index in [0.29, 0.717) is 11.8 Å². The Morgan fingerprint density at radius 2 is 1.67 bits per heavy atom. The second kappa shape index (κ2) is 7.04. The minimum Gasteiger partial charge on any atom is -0.352 e. The molecule has 0 radical (unpaired) electrons. The number of hydrogen-bond acceptors (Lipinski definition) is 5. The third-order valence-corrected chi connectivity index (χ3v) is 3.24. The van der Waals surface area contributed by atoms with Crippen molar-refractivity contribution in [2.24, 2.45) is 0 Å². The Kier molecular flexibility index (Phi) is 4.65. The predicted octanol–water partition coefficient (Wildman–Crippen LogP) is 4.24. The normalized spacial score (nSPS) is 10.7. The van der Waals surface area contributed by atoms with Crippen LogP contribution < -0.4 is 10.6 Å². The Morgan fingerprint density at radius 1 is 0.958 bits per heavy atom. The molecule has 0 aliphatic rings. The van der Waals surface area contributed by atoms with Gasteiger partial charge in [0.1, 0.15) is 11.6 Å². The lowest BCUT2D eigenvalue weighted by Crippen LogP contribution is -2.13. The molecule has 6 heteroatoms. The molecular formula is C18H18FN5. The second-order valence-electron chi connectivity index (χ2n) is 5.63. The maximum absolute atomic E-state index is 13.0. The van der Waals surface area contributed by atoms with E-state index in [2.05, 4.69) is 25.6 Å². The molecule has 0 aliphatic carbocycles. The molecule has 0 bridgehead atoms. The van der Waals surface area contributed by atoms with Crippen LogP contribution in [0, 0.1) is 5.82 Å². The van der Waals surface area contributed by atoms with Crippen molar-refractivity contribution in [2.75, 3.05) is 10.6 Å². The van der Waals surface area contributed by atoms with Gasteiger partial charge in [-0.25, -0.2) is 9.37 Å². The molecule has 2 aromatic heterocycles. The minimum absolute atomic E-state index is 0.205. The molecule has 0 atom stereocenters. The summed E-state index contributed by atoms with van der Waals surface area (Å²) >= 11 is 0. The molecule has 0 saturated carbocycles. The first-order valence-corrected chi connectivity index (χ1v) is 7.69. The van der Waals surface area contributed by atoms with Gasteiger partial charge in [-0.1, -0.05) is 0 Å². The highest BCUT2D eigenvalue weighted by Crippen LogP contribution is 2.23. The molecule has 0 amide bonds. The van der Waals surface area contributed by atoms with Gasteiger partial charge in [0, 0.05) is 35.8 Å². The van der Waals surface area contributed by atoms with E-state index in [0.717, 1.165) is 16.9 Å². The number of benzene rings is 1. The Bertz CT molecular complexity index is 803. The third kappa shape index (κ3) is 4.04. The Hall–Kier alpha value is -3.02. The summed E-state index contributed by atoms with van der Waals surface area (Å²) in [6.45, 7) is 4.05. The highest BCUT2D eigenvalue weighted by atomic mass is 19.1. The zero-order chi connectivity index (χ0) is 16.9. The molecule has 3 rings (SSSR count). The van der Waals surface area contributed by atoms with Gasteiger partial charge in [-0.3, -0.25) is 4.98 Å². The molecule has 0 fully saturated rings. The van der Waals surface area contributed by atoms with Crippen LogP contribution in [0.2, 0.25) is 0 Å². The average Bonchev–Trinajstić information content (AvgIpc) is 2.57. The summed E-state index contributed by atoms with van der Waals surface area (Å²) < 4.78 is 13.0. The van der Waals surface area contributed by atoms with E-state index in [9.17, 15) is 4.39 Å². The number of nitrogens with zero attached hydrogens (tertiary/aromatic N) is 3. The summed E-state index contributed by atoms with van der Waals surface area (Å²) in [7, 11) is 0. The van der Waals surface area contributed by atoms with Crippen LogP contribution in [0.15, 0.2) is 54.9 Å². The molecule has 0 aliphatic heterocycles. The van der Waals surface area contributed by atoms with E-state index in [4.69, 9.17) is 0 Å². The minimum atomic E-state index is -0.275. The van der Waals surface area contributed by atoms with Crippen molar-refractivity contribution >= 4 is 17.5 Å². The highest BCUT2D eigenvalue weighted by molar-refractivity contribution is 5.67. The monoisotopic (exact) mass is 323 g/mol. The van der Waals surface area contributed by atoms with E-state index >= 15 is 0 Å². The zero-order valence-corrected chi connectivity index (χ0v) is 13.5. The van der Waals surface area contributed by atoms with Crippen LogP contribution in [0.25, 0.3) is 11.3 Å². The number of rotatable bonds is 5. The summed E-state index contributed by atoms with van der Waals surface area (Å²) in [5.74, 6) is 0.887. The molecule has 24 heavy (non-hydrogen) atoms. The summed E-state index contributed by atoms with van der Waals surface area (Å²) in [6, 6.07) is 12.0. The van der Waals surface area contributed by atoms with Gasteiger partial charge in [-0.15, -0.1) is 0 Å². The first-order valence-electron chi connectivity index (χ1n) is 7.69. The van der Waals surface area contributed by atoms with Gasteiger partial charge in [0.15, 0.2) is 0 Å². The van der Waals surface area contributed by atoms with Gasteiger partial charge in [0.25, 0.3) is 0 Å². The Morgan fingerprint density at radius 3 is 2.33 bits per heavy atom. The molecule has 2 N–H and O–H groups in total. The first-order chi connectivity index (χ1) is 11.6. The number of hydrogen-bond donors (Lipinski definition) is 2. The Balaban J connectivity index is 1.96. The number of aromatic nitrogens is 3. The summed E-state index contributed by atoms with van der Waals surface area (Å²) in [5, 5.41) is 6.39. The number of halogens is 1. The molecule has 0 spiro atoms. The van der Waals surface area contributed by atoms with Gasteiger partial charge in [0.2, 0.25) is 5.95 Å². The standard InChI is InChI=1S/C18H18FN5/c1-12(2)21-18-23-16(13-7-9-20-10-8-13)11-17(24-18)22-15-5-3-14(19)4-6-15/h3-12H,1-2H3,(H2,21,22,23,24). The average molecular weight is 323 g/mol. The molecule has 122 valence electrons. The lowest BCUT2D eigenvalue weighted by Gasteiger charge is -2.13. The van der Waals surface area contributed by atoms with Crippen molar-refractivity contribution in [3.63, 3.8) is 0 Å². The number of pyridine rings is 1. The zero-order valence-electron chi connectivity index (χ0n) is 13.5. The predicted molar refractivity (Wildman–Crippen MR) is 93.7 cm³/mol. The molecule has 0 saturated heterocycles. The van der Waals surface area contributed by atoms with Crippen LogP contribution in [-0.4, -0.2) is 21.0 Å². The van der Waals surface area contributed by atoms with Crippen molar-refractivity contribution in [3.05, 3.63) is 60.7 Å². The smallest absolute Gasteiger partial charge is 0.225 e. The van der Waals surface area contributed by atoms with Crippen LogP contribution in [0.1, 0.15) is 13.8 Å². The van der Waals surface area contributed by atoms with Crippen LogP contribution in [0.5, 0.6) is 0 Å². The molecule has 0 unspecified atom stereocenters. The van der Waals surface area contributed by atoms with Crippen molar-refractivity contribution in [1.82, 2.24) is 15.0 Å². The lowest BCUT2D eigenvalue weighted by molar-refractivity contribution is 0.628. The quantitative estimate of drug-likeness (QED) is 0.735. The fraction of sp³-hybridized carbons (Fsp3) is 0.167. The molecule has 2 heterocycles. The highest BCUT2D eigenvalue weighted by Gasteiger charge is 2.08. The summed E-state index contributed by atoms with van der Waals surface area (Å²) in [5.41, 5.74) is 2.48. The second-order valence-corrected chi connectivity index (χ2v) is 5.63. The molecule has 1 aromatic carbocycles. The van der Waals surface area contributed by atoms with Crippen LogP contribution in [-0.2, 0) is 0 Å². The SMILES string of the molecule is CC(C)Nc1nc(Nc2ccc(F)cc2)cc(-c2ccncc2)n1. The molecule has 5 nitrogen and oxygen atoms in total. The molecular weight excluding hydrogens is 305 g/mol. The maximum atomic E-state index is 13.0. The van der Waals surface area contributed by atoms with Crippen molar-refractivity contribution in [2.45, 2.75) is 19.9 Å². The van der Waals surface area contributed by atoms with Gasteiger partial charge in [-0.05, 0) is 50.2 Å². The third-order valence-electron chi connectivity index (χ3n) is 3.24. The van der Waals surface area contributed by atoms with Gasteiger partial charge < -0.3 is 10.6 Å². The fourth-order valence-electron chi connectivity index (χ4n) is 2.19.